The second-order valence-electron chi connectivity index (χ2n) is 5.94. The Labute approximate surface area is 158 Å². The zero-order valence-electron chi connectivity index (χ0n) is 15.2. The summed E-state index contributed by atoms with van der Waals surface area (Å²) < 4.78 is 17.7. The van der Waals surface area contributed by atoms with Crippen LogP contribution in [-0.4, -0.2) is 28.6 Å². The molecule has 24 heavy (non-hydrogen) atoms. The lowest BCUT2D eigenvalue weighted by Gasteiger charge is -2.40. The molecule has 0 aliphatic heterocycles. The molecule has 0 aliphatic rings. The molecule has 0 aliphatic carbocycles. The van der Waals surface area contributed by atoms with E-state index in [-0.39, 0.29) is 0 Å². The maximum absolute atomic E-state index is 7.04. The van der Waals surface area contributed by atoms with E-state index < -0.39 is 13.3 Å². The van der Waals surface area contributed by atoms with Crippen LogP contribution in [0.25, 0.3) is 0 Å². The highest BCUT2D eigenvalue weighted by molar-refractivity contribution is 6.73. The molecule has 1 atom stereocenters. The molecule has 0 aromatic heterocycles. The van der Waals surface area contributed by atoms with Gasteiger partial charge in [-0.25, -0.2) is 0 Å². The van der Waals surface area contributed by atoms with Gasteiger partial charge in [0.05, 0.1) is 0 Å². The first-order valence-electron chi connectivity index (χ1n) is 8.73. The minimum atomic E-state index is -3.12. The van der Waals surface area contributed by atoms with Crippen LogP contribution in [-0.2, 0) is 23.7 Å². The summed E-state index contributed by atoms with van der Waals surface area (Å²) in [6.07, 6.45) is 2.66. The number of rotatable bonds is 12. The molecule has 0 radical (unpaired) electrons. The Bertz CT molecular complexity index is 444. The monoisotopic (exact) mass is 392 g/mol. The highest BCUT2D eigenvalue weighted by Gasteiger charge is 2.59. The van der Waals surface area contributed by atoms with Crippen molar-refractivity contribution in [3.8, 4) is 0 Å². The summed E-state index contributed by atoms with van der Waals surface area (Å²) in [5, 5.41) is 0. The molecule has 0 saturated heterocycles. The molecule has 0 spiro atoms. The topological polar surface area (TPSA) is 27.7 Å². The SMILES string of the molecule is CCCO[Si](OCCC)(OCCC)C(C)(Cl)c1ccc(CCl)cc1. The van der Waals surface area contributed by atoms with Crippen LogP contribution in [0.1, 0.15) is 58.1 Å². The second-order valence-corrected chi connectivity index (χ2v) is 10.3. The van der Waals surface area contributed by atoms with E-state index in [0.29, 0.717) is 25.7 Å². The number of benzene rings is 1. The largest absolute Gasteiger partial charge is 0.527 e. The first-order valence-corrected chi connectivity index (χ1v) is 11.4. The summed E-state index contributed by atoms with van der Waals surface area (Å²) in [5.41, 5.74) is 1.99. The molecule has 138 valence electrons. The summed E-state index contributed by atoms with van der Waals surface area (Å²) in [6, 6.07) is 7.96. The molecule has 0 heterocycles. The van der Waals surface area contributed by atoms with Gasteiger partial charge in [-0.15, -0.1) is 23.2 Å². The normalized spacial score (nSPS) is 14.6. The van der Waals surface area contributed by atoms with E-state index in [1.54, 1.807) is 0 Å². The lowest BCUT2D eigenvalue weighted by Crippen LogP contribution is -2.59. The minimum Gasteiger partial charge on any atom is -0.372 e. The fourth-order valence-electron chi connectivity index (χ4n) is 2.32. The predicted octanol–water partition coefficient (Wildman–Crippen LogP) is 5.64. The molecule has 3 nitrogen and oxygen atoms in total. The van der Waals surface area contributed by atoms with Crippen LogP contribution in [0.3, 0.4) is 0 Å². The number of halogens is 2. The Morgan fingerprint density at radius 2 is 1.29 bits per heavy atom. The van der Waals surface area contributed by atoms with Crippen molar-refractivity contribution < 1.29 is 13.3 Å². The number of hydrogen-bond donors (Lipinski definition) is 0. The van der Waals surface area contributed by atoms with Crippen LogP contribution in [0.15, 0.2) is 24.3 Å². The van der Waals surface area contributed by atoms with Crippen molar-refractivity contribution in [1.29, 1.82) is 0 Å². The van der Waals surface area contributed by atoms with Crippen molar-refractivity contribution in [3.05, 3.63) is 35.4 Å². The third kappa shape index (κ3) is 5.45. The summed E-state index contributed by atoms with van der Waals surface area (Å²) in [7, 11) is -3.12. The Morgan fingerprint density at radius 3 is 1.62 bits per heavy atom. The minimum absolute atomic E-state index is 0.479. The third-order valence-corrected chi connectivity index (χ3v) is 8.13. The molecule has 1 rings (SSSR count). The average Bonchev–Trinajstić information content (AvgIpc) is 2.61. The van der Waals surface area contributed by atoms with E-state index in [1.165, 1.54) is 0 Å². The summed E-state index contributed by atoms with van der Waals surface area (Å²) in [5.74, 6) is 0.479. The molecular formula is C18H30Cl2O3Si. The van der Waals surface area contributed by atoms with Gasteiger partial charge in [-0.2, -0.15) is 0 Å². The Kier molecular flexibility index (Phi) is 9.86. The van der Waals surface area contributed by atoms with E-state index in [4.69, 9.17) is 36.5 Å². The maximum atomic E-state index is 7.04. The molecule has 0 fully saturated rings. The first kappa shape index (κ1) is 21.9. The molecule has 6 heteroatoms. The van der Waals surface area contributed by atoms with Gasteiger partial charge in [-0.3, -0.25) is 0 Å². The van der Waals surface area contributed by atoms with Gasteiger partial charge >= 0.3 is 8.80 Å². The standard InChI is InChI=1S/C18H30Cl2O3Si/c1-5-12-21-24(22-13-6-2,23-14-7-3)18(4,20)17-10-8-16(15-19)9-11-17/h8-11H,5-7,12-15H2,1-4H3. The van der Waals surface area contributed by atoms with Crippen molar-refractivity contribution in [2.24, 2.45) is 0 Å². The smallest absolute Gasteiger partial charge is 0.372 e. The van der Waals surface area contributed by atoms with Gasteiger partial charge in [0.25, 0.3) is 0 Å². The van der Waals surface area contributed by atoms with Crippen molar-refractivity contribution in [1.82, 2.24) is 0 Å². The van der Waals surface area contributed by atoms with Crippen molar-refractivity contribution in [2.45, 2.75) is 57.3 Å². The Hall–Kier alpha value is -0.103. The number of hydrogen-bond acceptors (Lipinski definition) is 3. The van der Waals surface area contributed by atoms with Crippen LogP contribution in [0.2, 0.25) is 0 Å². The third-order valence-electron chi connectivity index (χ3n) is 3.71. The summed E-state index contributed by atoms with van der Waals surface area (Å²) in [4.78, 5) is 0. The van der Waals surface area contributed by atoms with E-state index in [2.05, 4.69) is 20.8 Å². The van der Waals surface area contributed by atoms with Gasteiger partial charge in [-0.1, -0.05) is 45.0 Å². The van der Waals surface area contributed by atoms with Gasteiger partial charge in [-0.05, 0) is 37.3 Å². The molecule has 0 saturated carbocycles. The molecule has 1 aromatic rings. The molecular weight excluding hydrogens is 363 g/mol. The van der Waals surface area contributed by atoms with Crippen molar-refractivity contribution in [3.63, 3.8) is 0 Å². The fraction of sp³-hybridized carbons (Fsp3) is 0.667. The van der Waals surface area contributed by atoms with Gasteiger partial charge < -0.3 is 13.3 Å². The molecule has 1 aromatic carbocycles. The molecule has 0 bridgehead atoms. The highest BCUT2D eigenvalue weighted by atomic mass is 35.5. The van der Waals surface area contributed by atoms with E-state index >= 15 is 0 Å². The first-order chi connectivity index (χ1) is 11.5. The quantitative estimate of drug-likeness (QED) is 0.340. The van der Waals surface area contributed by atoms with Gasteiger partial charge in [0, 0.05) is 25.7 Å². The maximum Gasteiger partial charge on any atom is 0.527 e. The van der Waals surface area contributed by atoms with Crippen LogP contribution >= 0.6 is 23.2 Å². The van der Waals surface area contributed by atoms with E-state index in [0.717, 1.165) is 30.4 Å². The molecule has 1 unspecified atom stereocenters. The van der Waals surface area contributed by atoms with Crippen molar-refractivity contribution >= 4 is 32.0 Å². The van der Waals surface area contributed by atoms with Crippen LogP contribution < -0.4 is 0 Å². The molecule has 0 amide bonds. The second kappa shape index (κ2) is 10.8. The zero-order chi connectivity index (χ0) is 18.1. The Balaban J connectivity index is 3.22. The fourth-order valence-corrected chi connectivity index (χ4v) is 6.12. The lowest BCUT2D eigenvalue weighted by atomic mass is 10.1. The van der Waals surface area contributed by atoms with Crippen molar-refractivity contribution in [2.75, 3.05) is 19.8 Å². The Morgan fingerprint density at radius 1 is 0.875 bits per heavy atom. The van der Waals surface area contributed by atoms with Crippen LogP contribution in [0.5, 0.6) is 0 Å². The van der Waals surface area contributed by atoms with Crippen LogP contribution in [0, 0.1) is 0 Å². The molecule has 0 N–H and O–H groups in total. The van der Waals surface area contributed by atoms with Gasteiger partial charge in [0.1, 0.15) is 4.50 Å². The highest BCUT2D eigenvalue weighted by Crippen LogP contribution is 2.40. The van der Waals surface area contributed by atoms with Gasteiger partial charge in [0.15, 0.2) is 0 Å². The summed E-state index contributed by atoms with van der Waals surface area (Å²) in [6.45, 7) is 9.86. The van der Waals surface area contributed by atoms with E-state index in [9.17, 15) is 0 Å². The number of alkyl halides is 2. The summed E-state index contributed by atoms with van der Waals surface area (Å²) >= 11 is 12.9. The zero-order valence-corrected chi connectivity index (χ0v) is 17.8. The van der Waals surface area contributed by atoms with E-state index in [1.807, 2.05) is 31.2 Å². The lowest BCUT2D eigenvalue weighted by molar-refractivity contribution is 0.0467. The predicted molar refractivity (Wildman–Crippen MR) is 104 cm³/mol. The average molecular weight is 393 g/mol. The van der Waals surface area contributed by atoms with Gasteiger partial charge in [0.2, 0.25) is 0 Å². The van der Waals surface area contributed by atoms with Crippen LogP contribution in [0.4, 0.5) is 0 Å².